The molecule has 3 N–H and O–H groups in total. The van der Waals surface area contributed by atoms with Gasteiger partial charge >= 0.3 is 0 Å². The Morgan fingerprint density at radius 3 is 2.57 bits per heavy atom. The highest BCUT2D eigenvalue weighted by molar-refractivity contribution is 5.24. The molecule has 3 rings (SSSR count). The van der Waals surface area contributed by atoms with Gasteiger partial charge in [-0.3, -0.25) is 0 Å². The maximum absolute atomic E-state index is 10.5. The van der Waals surface area contributed by atoms with Crippen molar-refractivity contribution in [3.8, 4) is 0 Å². The molecular formula is C20H34O3. The average Bonchev–Trinajstić information content (AvgIpc) is 2.43. The lowest BCUT2D eigenvalue weighted by atomic mass is 9.45. The molecule has 0 radical (unpaired) electrons. The van der Waals surface area contributed by atoms with Crippen molar-refractivity contribution in [2.45, 2.75) is 78.4 Å². The highest BCUT2D eigenvalue weighted by Crippen LogP contribution is 2.63. The lowest BCUT2D eigenvalue weighted by Gasteiger charge is -2.60. The molecule has 0 aromatic rings. The van der Waals surface area contributed by atoms with Crippen molar-refractivity contribution in [1.82, 2.24) is 0 Å². The fourth-order valence-corrected chi connectivity index (χ4v) is 6.42. The quantitative estimate of drug-likeness (QED) is 0.684. The average molecular weight is 322 g/mol. The van der Waals surface area contributed by atoms with Crippen LogP contribution in [0.1, 0.15) is 66.2 Å². The number of hydrogen-bond donors (Lipinski definition) is 3. The molecule has 6 atom stereocenters. The highest BCUT2D eigenvalue weighted by Gasteiger charge is 2.56. The molecule has 2 saturated carbocycles. The molecule has 0 aliphatic heterocycles. The lowest BCUT2D eigenvalue weighted by molar-refractivity contribution is -0.109. The third kappa shape index (κ3) is 2.69. The first-order valence-corrected chi connectivity index (χ1v) is 9.28. The Morgan fingerprint density at radius 2 is 1.91 bits per heavy atom. The van der Waals surface area contributed by atoms with E-state index in [2.05, 4.69) is 33.8 Å². The van der Waals surface area contributed by atoms with Crippen molar-refractivity contribution < 1.29 is 15.3 Å². The van der Waals surface area contributed by atoms with Crippen LogP contribution in [0.3, 0.4) is 0 Å². The standard InChI is InChI=1S/C20H34O3/c1-18(2)10-14(22)11-20(4)15-7-8-19(3,17(23)12-21)9-13(15)5-6-16(18)20/h5,14-17,21-23H,6-12H2,1-4H3. The SMILES string of the molecule is CC1(C)CC(O)CC2(C)C3CCC(C)(C(O)CO)CC3=CCC12. The van der Waals surface area contributed by atoms with Crippen LogP contribution in [-0.4, -0.2) is 34.1 Å². The van der Waals surface area contributed by atoms with E-state index < -0.39 is 6.10 Å². The molecule has 3 nitrogen and oxygen atoms in total. The first-order valence-electron chi connectivity index (χ1n) is 9.28. The van der Waals surface area contributed by atoms with Crippen molar-refractivity contribution in [3.05, 3.63) is 11.6 Å². The molecule has 6 unspecified atom stereocenters. The van der Waals surface area contributed by atoms with E-state index in [1.165, 1.54) is 5.57 Å². The second-order valence-corrected chi connectivity index (χ2v) is 9.74. The van der Waals surface area contributed by atoms with E-state index >= 15 is 0 Å². The zero-order valence-corrected chi connectivity index (χ0v) is 15.2. The molecule has 0 bridgehead atoms. The van der Waals surface area contributed by atoms with Gasteiger partial charge in [0.1, 0.15) is 0 Å². The van der Waals surface area contributed by atoms with Gasteiger partial charge in [0.05, 0.1) is 18.8 Å². The Morgan fingerprint density at radius 1 is 1.22 bits per heavy atom. The van der Waals surface area contributed by atoms with Crippen LogP contribution in [0.5, 0.6) is 0 Å². The van der Waals surface area contributed by atoms with Gasteiger partial charge in [-0.05, 0) is 66.6 Å². The molecule has 0 aromatic carbocycles. The summed E-state index contributed by atoms with van der Waals surface area (Å²) in [7, 11) is 0. The molecule has 0 heterocycles. The van der Waals surface area contributed by atoms with E-state index in [0.717, 1.165) is 38.5 Å². The predicted octanol–water partition coefficient (Wildman–Crippen LogP) is 3.28. The number of hydrogen-bond acceptors (Lipinski definition) is 3. The number of rotatable bonds is 2. The third-order valence-electron chi connectivity index (χ3n) is 7.63. The van der Waals surface area contributed by atoms with E-state index in [1.807, 2.05) is 0 Å². The second kappa shape index (κ2) is 5.57. The summed E-state index contributed by atoms with van der Waals surface area (Å²) in [5.74, 6) is 1.15. The highest BCUT2D eigenvalue weighted by atomic mass is 16.3. The Hall–Kier alpha value is -0.380. The monoisotopic (exact) mass is 322 g/mol. The van der Waals surface area contributed by atoms with E-state index in [9.17, 15) is 15.3 Å². The summed E-state index contributed by atoms with van der Waals surface area (Å²) in [5, 5.41) is 30.1. The van der Waals surface area contributed by atoms with Crippen LogP contribution in [0.25, 0.3) is 0 Å². The molecular weight excluding hydrogens is 288 g/mol. The predicted molar refractivity (Wildman–Crippen MR) is 91.9 cm³/mol. The van der Waals surface area contributed by atoms with Gasteiger partial charge in [0.2, 0.25) is 0 Å². The van der Waals surface area contributed by atoms with E-state index in [4.69, 9.17) is 0 Å². The lowest BCUT2D eigenvalue weighted by Crippen LogP contribution is -2.54. The van der Waals surface area contributed by atoms with Crippen molar-refractivity contribution in [3.63, 3.8) is 0 Å². The summed E-state index contributed by atoms with van der Waals surface area (Å²) in [6, 6.07) is 0. The molecule has 3 heteroatoms. The molecule has 23 heavy (non-hydrogen) atoms. The normalized spacial score (nSPS) is 47.3. The number of allylic oxidation sites excluding steroid dienone is 2. The Balaban J connectivity index is 1.91. The van der Waals surface area contributed by atoms with E-state index in [1.54, 1.807) is 0 Å². The summed E-state index contributed by atoms with van der Waals surface area (Å²) >= 11 is 0. The van der Waals surface area contributed by atoms with Gasteiger partial charge in [-0.25, -0.2) is 0 Å². The molecule has 132 valence electrons. The van der Waals surface area contributed by atoms with Crippen LogP contribution < -0.4 is 0 Å². The van der Waals surface area contributed by atoms with Gasteiger partial charge in [-0.15, -0.1) is 0 Å². The Kier molecular flexibility index (Phi) is 4.23. The van der Waals surface area contributed by atoms with Crippen molar-refractivity contribution in [2.75, 3.05) is 6.61 Å². The van der Waals surface area contributed by atoms with Crippen molar-refractivity contribution in [2.24, 2.45) is 28.1 Å². The van der Waals surface area contributed by atoms with Gasteiger partial charge in [-0.1, -0.05) is 39.3 Å². The van der Waals surface area contributed by atoms with Crippen molar-refractivity contribution in [1.29, 1.82) is 0 Å². The van der Waals surface area contributed by atoms with Gasteiger partial charge in [0, 0.05) is 0 Å². The summed E-state index contributed by atoms with van der Waals surface area (Å²) < 4.78 is 0. The maximum atomic E-state index is 10.5. The summed E-state index contributed by atoms with van der Waals surface area (Å²) in [5.41, 5.74) is 1.61. The third-order valence-corrected chi connectivity index (χ3v) is 7.63. The maximum Gasteiger partial charge on any atom is 0.0827 e. The van der Waals surface area contributed by atoms with Gasteiger partial charge in [0.15, 0.2) is 0 Å². The molecule has 0 amide bonds. The van der Waals surface area contributed by atoms with Crippen LogP contribution in [-0.2, 0) is 0 Å². The largest absolute Gasteiger partial charge is 0.394 e. The molecule has 0 aromatic heterocycles. The van der Waals surface area contributed by atoms with Crippen LogP contribution in [0.4, 0.5) is 0 Å². The van der Waals surface area contributed by atoms with Gasteiger partial charge < -0.3 is 15.3 Å². The molecule has 3 aliphatic rings. The summed E-state index contributed by atoms with van der Waals surface area (Å²) in [6.45, 7) is 8.99. The van der Waals surface area contributed by atoms with Crippen LogP contribution in [0, 0.1) is 28.1 Å². The van der Waals surface area contributed by atoms with E-state index in [0.29, 0.717) is 11.8 Å². The topological polar surface area (TPSA) is 60.7 Å². The second-order valence-electron chi connectivity index (χ2n) is 9.74. The number of fused-ring (bicyclic) bond motifs is 3. The van der Waals surface area contributed by atoms with Gasteiger partial charge in [-0.2, -0.15) is 0 Å². The first kappa shape index (κ1) is 17.4. The van der Waals surface area contributed by atoms with Crippen molar-refractivity contribution >= 4 is 0 Å². The van der Waals surface area contributed by atoms with Crippen LogP contribution >= 0.6 is 0 Å². The summed E-state index contributed by atoms with van der Waals surface area (Å²) in [6.07, 6.45) is 7.41. The number of aliphatic hydroxyl groups excluding tert-OH is 3. The fourth-order valence-electron chi connectivity index (χ4n) is 6.42. The zero-order chi connectivity index (χ0) is 17.0. The smallest absolute Gasteiger partial charge is 0.0827 e. The fraction of sp³-hybridized carbons (Fsp3) is 0.900. The molecule has 0 spiro atoms. The minimum atomic E-state index is -0.636. The minimum absolute atomic E-state index is 0.153. The Labute approximate surface area is 140 Å². The number of aliphatic hydroxyl groups is 3. The summed E-state index contributed by atoms with van der Waals surface area (Å²) in [4.78, 5) is 0. The molecule has 0 saturated heterocycles. The Bertz CT molecular complexity index is 497. The van der Waals surface area contributed by atoms with Crippen LogP contribution in [0.15, 0.2) is 11.6 Å². The molecule has 2 fully saturated rings. The van der Waals surface area contributed by atoms with Gasteiger partial charge in [0.25, 0.3) is 0 Å². The van der Waals surface area contributed by atoms with Crippen LogP contribution in [0.2, 0.25) is 0 Å². The minimum Gasteiger partial charge on any atom is -0.394 e. The molecule has 3 aliphatic carbocycles. The zero-order valence-electron chi connectivity index (χ0n) is 15.2. The van der Waals surface area contributed by atoms with E-state index in [-0.39, 0.29) is 29.0 Å². The first-order chi connectivity index (χ1) is 10.6.